The van der Waals surface area contributed by atoms with Gasteiger partial charge < -0.3 is 25.0 Å². The predicted molar refractivity (Wildman–Crippen MR) is 220 cm³/mol. The van der Waals surface area contributed by atoms with Crippen LogP contribution >= 0.6 is 11.3 Å². The minimum Gasteiger partial charge on any atom is -0.459 e. The van der Waals surface area contributed by atoms with E-state index in [1.807, 2.05) is 26.0 Å². The normalized spacial score (nSPS) is 26.4. The van der Waals surface area contributed by atoms with Gasteiger partial charge in [0, 0.05) is 29.3 Å². The number of para-hydroxylation sites is 1. The number of nitrogens with one attached hydrogen (secondary N) is 3. The third-order valence-corrected chi connectivity index (χ3v) is 14.7. The Morgan fingerprint density at radius 2 is 1.82 bits per heavy atom. The number of benzene rings is 1. The Hall–Kier alpha value is -4.72. The van der Waals surface area contributed by atoms with Crippen LogP contribution in [0.15, 0.2) is 35.7 Å². The zero-order valence-electron chi connectivity index (χ0n) is 34.9. The van der Waals surface area contributed by atoms with Crippen molar-refractivity contribution in [3.05, 3.63) is 41.4 Å². The zero-order valence-corrected chi connectivity index (χ0v) is 36.6. The van der Waals surface area contributed by atoms with Crippen molar-refractivity contribution in [2.75, 3.05) is 6.54 Å². The lowest BCUT2D eigenvalue weighted by atomic mass is 10.0. The van der Waals surface area contributed by atoms with Gasteiger partial charge in [0.1, 0.15) is 39.9 Å². The van der Waals surface area contributed by atoms with E-state index >= 15 is 0 Å². The van der Waals surface area contributed by atoms with Crippen molar-refractivity contribution in [1.82, 2.24) is 34.8 Å². The summed E-state index contributed by atoms with van der Waals surface area (Å²) in [4.78, 5) is 66.2. The first kappa shape index (κ1) is 44.3. The maximum Gasteiger partial charge on any atom is 0.434 e. The van der Waals surface area contributed by atoms with Crippen molar-refractivity contribution in [3.63, 3.8) is 0 Å². The molecule has 3 fully saturated rings. The molecule has 3 N–H and O–H groups in total. The van der Waals surface area contributed by atoms with Crippen molar-refractivity contribution in [2.45, 2.75) is 146 Å². The quantitative estimate of drug-likeness (QED) is 0.214. The first-order valence-corrected chi connectivity index (χ1v) is 22.9. The van der Waals surface area contributed by atoms with Crippen LogP contribution < -0.4 is 20.1 Å². The molecule has 0 spiro atoms. The summed E-state index contributed by atoms with van der Waals surface area (Å²) >= 11 is 0.833. The van der Waals surface area contributed by atoms with E-state index in [2.05, 4.69) is 20.3 Å². The highest BCUT2D eigenvalue weighted by Crippen LogP contribution is 2.48. The molecule has 15 nitrogen and oxygen atoms in total. The second-order valence-electron chi connectivity index (χ2n) is 18.0. The fraction of sp³-hybridized carbons (Fsp3) is 0.610. The predicted octanol–water partition coefficient (Wildman–Crippen LogP) is 6.39. The van der Waals surface area contributed by atoms with Gasteiger partial charge in [0.05, 0.1) is 16.8 Å². The van der Waals surface area contributed by atoms with E-state index in [0.29, 0.717) is 48.7 Å². The minimum absolute atomic E-state index is 0.0825. The van der Waals surface area contributed by atoms with Crippen molar-refractivity contribution in [1.29, 1.82) is 0 Å². The molecule has 4 heterocycles. The molecule has 1 saturated heterocycles. The molecule has 7 rings (SSSR count). The van der Waals surface area contributed by atoms with Crippen molar-refractivity contribution in [3.8, 4) is 16.6 Å². The number of imidazole rings is 1. The van der Waals surface area contributed by atoms with Gasteiger partial charge >= 0.3 is 12.3 Å². The van der Waals surface area contributed by atoms with Crippen LogP contribution in [0.4, 0.5) is 18.0 Å². The Morgan fingerprint density at radius 1 is 1.08 bits per heavy atom. The first-order valence-electron chi connectivity index (χ1n) is 20.6. The first-order chi connectivity index (χ1) is 28.5. The van der Waals surface area contributed by atoms with E-state index in [1.54, 1.807) is 50.5 Å². The number of halogens is 3. The number of nitrogens with zero attached hydrogens (tertiary/aromatic N) is 4. The smallest absolute Gasteiger partial charge is 0.434 e. The molecule has 0 radical (unpaired) electrons. The van der Waals surface area contributed by atoms with Gasteiger partial charge in [0.15, 0.2) is 5.69 Å². The van der Waals surface area contributed by atoms with Crippen molar-refractivity contribution >= 4 is 56.2 Å². The van der Waals surface area contributed by atoms with Crippen LogP contribution in [0, 0.1) is 5.92 Å². The largest absolute Gasteiger partial charge is 0.459 e. The molecule has 2 saturated carbocycles. The molecule has 3 aromatic rings. The van der Waals surface area contributed by atoms with Crippen LogP contribution in [0.3, 0.4) is 0 Å². The van der Waals surface area contributed by atoms with Gasteiger partial charge in [-0.2, -0.15) is 18.2 Å². The molecule has 2 aliphatic carbocycles. The third kappa shape index (κ3) is 9.25. The van der Waals surface area contributed by atoms with Crippen LogP contribution in [0.2, 0.25) is 0 Å². The number of hydrogen-bond donors (Lipinski definition) is 3. The minimum atomic E-state index is -4.63. The summed E-state index contributed by atoms with van der Waals surface area (Å²) < 4.78 is 82.0. The molecule has 61 heavy (non-hydrogen) atoms. The summed E-state index contributed by atoms with van der Waals surface area (Å²) in [7, 11) is -4.05. The highest BCUT2D eigenvalue weighted by atomic mass is 32.2. The number of allylic oxidation sites excluding steroid dienone is 1. The van der Waals surface area contributed by atoms with Crippen LogP contribution in [0.5, 0.6) is 6.01 Å². The van der Waals surface area contributed by atoms with E-state index in [0.717, 1.165) is 23.1 Å². The lowest BCUT2D eigenvalue weighted by Gasteiger charge is -2.30. The topological polar surface area (TPSA) is 191 Å². The number of alkyl carbamates (subject to hydrolysis) is 1. The number of carbonyl (C=O) groups is 4. The van der Waals surface area contributed by atoms with Crippen LogP contribution in [-0.4, -0.2) is 92.3 Å². The Morgan fingerprint density at radius 3 is 2.48 bits per heavy atom. The molecule has 20 heteroatoms. The molecule has 332 valence electrons. The Balaban J connectivity index is 1.23. The molecular formula is C41H52F3N7O8S2. The van der Waals surface area contributed by atoms with Gasteiger partial charge in [0.2, 0.25) is 21.8 Å². The molecule has 0 unspecified atom stereocenters. The second kappa shape index (κ2) is 16.2. The highest BCUT2D eigenvalue weighted by molar-refractivity contribution is 7.91. The van der Waals surface area contributed by atoms with Gasteiger partial charge in [-0.15, -0.1) is 11.3 Å². The fourth-order valence-corrected chi connectivity index (χ4v) is 10.1. The monoisotopic (exact) mass is 891 g/mol. The number of sulfonamides is 1. The van der Waals surface area contributed by atoms with Crippen molar-refractivity contribution < 1.29 is 50.2 Å². The zero-order chi connectivity index (χ0) is 44.3. The Kier molecular flexibility index (Phi) is 11.8. The molecule has 1 aromatic carbocycles. The molecule has 2 aliphatic heterocycles. The average molecular weight is 892 g/mol. The molecule has 2 aromatic heterocycles. The van der Waals surface area contributed by atoms with Gasteiger partial charge in [0.25, 0.3) is 11.9 Å². The summed E-state index contributed by atoms with van der Waals surface area (Å²) in [6.07, 6.45) is 1.14. The number of rotatable bonds is 8. The number of thiazole rings is 1. The van der Waals surface area contributed by atoms with E-state index in [1.165, 1.54) is 4.90 Å². The number of ether oxygens (including phenoxy) is 2. The highest BCUT2D eigenvalue weighted by Gasteiger charge is 2.63. The van der Waals surface area contributed by atoms with E-state index in [-0.39, 0.29) is 42.9 Å². The third-order valence-electron chi connectivity index (χ3n) is 11.7. The Labute approximate surface area is 356 Å². The summed E-state index contributed by atoms with van der Waals surface area (Å²) in [5.74, 6) is -2.65. The average Bonchev–Trinajstić information content (AvgIpc) is 3.81. The number of carbonyl (C=O) groups excluding carboxylic acids is 4. The van der Waals surface area contributed by atoms with E-state index < -0.39 is 85.7 Å². The summed E-state index contributed by atoms with van der Waals surface area (Å²) in [6, 6.07) is 2.57. The van der Waals surface area contributed by atoms with Gasteiger partial charge in [-0.05, 0) is 92.2 Å². The lowest BCUT2D eigenvalue weighted by Crippen LogP contribution is -2.58. The molecular weight excluding hydrogens is 840 g/mol. The van der Waals surface area contributed by atoms with Gasteiger partial charge in [-0.3, -0.25) is 23.7 Å². The number of fused-ring (bicyclic) bond motifs is 3. The summed E-state index contributed by atoms with van der Waals surface area (Å²) in [5, 5.41) is 6.61. The summed E-state index contributed by atoms with van der Waals surface area (Å²) in [6.45, 7) is 10.2. The Bertz CT molecular complexity index is 2350. The molecule has 5 atom stereocenters. The molecule has 4 aliphatic rings. The fourth-order valence-electron chi connectivity index (χ4n) is 7.92. The standard InChI is InChI=1S/C41H52F3N7O8S2/c1-23(2)51-28-16-12-14-26(33-46-30(22-60-33)41(42,43)44)31(28)47-36(51)58-25-19-29-32(52)48-40(35(54)49-61(56,57)39(6)17-18-39)20-24(40)13-10-8-7-9-11-15-27(34(53)50(29)21-25)45-37(55)59-38(3,4)5/h10,12-14,16,22-25,27,29H,7-9,11,15,17-21H2,1-6H3,(H,45,55)(H,48,52)(H,49,54)/b13-10-/t24-,25-,27+,29+,40-/m1/s1. The summed E-state index contributed by atoms with van der Waals surface area (Å²) in [5.41, 5.74) is -2.22. The lowest BCUT2D eigenvalue weighted by molar-refractivity contribution is -0.141. The van der Waals surface area contributed by atoms with Crippen LogP contribution in [0.1, 0.15) is 111 Å². The van der Waals surface area contributed by atoms with E-state index in [4.69, 9.17) is 14.5 Å². The number of amides is 4. The number of alkyl halides is 3. The maximum absolute atomic E-state index is 14.7. The van der Waals surface area contributed by atoms with Gasteiger partial charge in [-0.1, -0.05) is 31.1 Å². The van der Waals surface area contributed by atoms with Crippen molar-refractivity contribution in [2.24, 2.45) is 5.92 Å². The van der Waals surface area contributed by atoms with Gasteiger partial charge in [-0.25, -0.2) is 18.2 Å². The molecule has 4 amide bonds. The van der Waals surface area contributed by atoms with Crippen LogP contribution in [-0.2, 0) is 35.3 Å². The molecule has 0 bridgehead atoms. The van der Waals surface area contributed by atoms with E-state index in [9.17, 15) is 40.8 Å². The maximum atomic E-state index is 14.7. The van der Waals surface area contributed by atoms with Crippen LogP contribution in [0.25, 0.3) is 21.6 Å². The number of hydrogen-bond acceptors (Lipinski definition) is 11. The SMILES string of the molecule is CC(C)n1c(O[C@@H]2C[C@H]3C(=O)N[C@]4(C(=O)NS(=O)(=O)C5(C)CC5)C[C@H]4/C=C\CCCCC[C@H](NC(=O)OC(C)(C)C)C(=O)N3C2)nc2c(-c3nc(C(F)(F)F)cs3)cccc21. The number of aromatic nitrogens is 3. The second-order valence-corrected chi connectivity index (χ2v) is 21.0.